The summed E-state index contributed by atoms with van der Waals surface area (Å²) in [5, 5.41) is 5.29. The first-order chi connectivity index (χ1) is 17.7. The van der Waals surface area contributed by atoms with E-state index in [-0.39, 0.29) is 50.5 Å². The predicted octanol–water partition coefficient (Wildman–Crippen LogP) is -0.674. The van der Waals surface area contributed by atoms with Crippen LogP contribution in [0.25, 0.3) is 0 Å². The highest BCUT2D eigenvalue weighted by Crippen LogP contribution is 2.32. The fraction of sp³-hybridized carbons (Fsp3) is 0.435. The number of amides is 5. The van der Waals surface area contributed by atoms with Crippen LogP contribution in [-0.2, 0) is 24.0 Å². The monoisotopic (exact) mass is 515 g/mol. The van der Waals surface area contributed by atoms with Crippen LogP contribution in [0.15, 0.2) is 18.2 Å². The number of aldehydes is 1. The average molecular weight is 515 g/mol. The number of carbonyl (C=O) groups excluding carboxylic acids is 7. The lowest BCUT2D eigenvalue weighted by atomic mass is 10.1. The zero-order chi connectivity index (χ0) is 26.7. The number of nitrogens with one attached hydrogen (secondary N) is 2. The molecule has 2 atom stereocenters. The minimum absolute atomic E-state index is 0.00215. The van der Waals surface area contributed by atoms with Crippen molar-refractivity contribution in [2.75, 3.05) is 19.9 Å². The van der Waals surface area contributed by atoms with E-state index in [0.29, 0.717) is 24.2 Å². The van der Waals surface area contributed by atoms with E-state index in [1.165, 1.54) is 25.1 Å². The predicted molar refractivity (Wildman–Crippen MR) is 122 cm³/mol. The van der Waals surface area contributed by atoms with E-state index < -0.39 is 41.6 Å². The lowest BCUT2D eigenvalue weighted by Gasteiger charge is -2.42. The number of carbonyl (C=O) groups is 7. The van der Waals surface area contributed by atoms with Gasteiger partial charge in [0.2, 0.25) is 18.6 Å². The number of hydrogen-bond donors (Lipinski definition) is 2. The molecule has 0 saturated carbocycles. The van der Waals surface area contributed by atoms with Crippen LogP contribution in [-0.4, -0.2) is 88.6 Å². The SMILES string of the molecule is CC(=O)CC(C=O)NC(=O)C1CCCN2C(=O)CCN(NC(=O)C(=O)c3ccc4c(c3)OCO4)C(=O)N12. The molecule has 3 heterocycles. The van der Waals surface area contributed by atoms with E-state index in [4.69, 9.17) is 9.47 Å². The standard InChI is InChI=1S/C23H25N5O9/c1-13(30)9-15(11-29)24-21(33)16-3-2-7-27-19(31)6-8-26(23(35)28(16)27)25-22(34)20(32)14-4-5-17-18(10-14)37-12-36-17/h4-5,10-11,15-16H,2-3,6-9,12H2,1H3,(H,24,33)(H,25,34). The Balaban J connectivity index is 1.51. The summed E-state index contributed by atoms with van der Waals surface area (Å²) < 4.78 is 10.4. The van der Waals surface area contributed by atoms with Gasteiger partial charge in [-0.25, -0.2) is 19.8 Å². The quantitative estimate of drug-likeness (QED) is 0.259. The molecule has 3 aliphatic rings. The van der Waals surface area contributed by atoms with Crippen molar-refractivity contribution in [2.45, 2.75) is 44.7 Å². The highest BCUT2D eigenvalue weighted by molar-refractivity contribution is 6.42. The highest BCUT2D eigenvalue weighted by atomic mass is 16.7. The molecule has 4 rings (SSSR count). The summed E-state index contributed by atoms with van der Waals surface area (Å²) in [6.45, 7) is 1.18. The third-order valence-electron chi connectivity index (χ3n) is 6.05. The molecule has 1 aromatic carbocycles. The summed E-state index contributed by atoms with van der Waals surface area (Å²) in [5.74, 6) is -2.86. The summed E-state index contributed by atoms with van der Waals surface area (Å²) in [6, 6.07) is 1.03. The maximum absolute atomic E-state index is 13.4. The molecule has 1 aromatic rings. The number of benzene rings is 1. The first kappa shape index (κ1) is 25.6. The fourth-order valence-corrected chi connectivity index (χ4v) is 4.28. The molecule has 0 bridgehead atoms. The number of hydrogen-bond acceptors (Lipinski definition) is 9. The Morgan fingerprint density at radius 2 is 1.89 bits per heavy atom. The number of ketones is 2. The molecule has 3 aliphatic heterocycles. The van der Waals surface area contributed by atoms with Gasteiger partial charge in [0.1, 0.15) is 18.1 Å². The Bertz CT molecular complexity index is 1170. The van der Waals surface area contributed by atoms with Crippen molar-refractivity contribution in [1.82, 2.24) is 25.8 Å². The Morgan fingerprint density at radius 3 is 2.62 bits per heavy atom. The lowest BCUT2D eigenvalue weighted by molar-refractivity contribution is -0.155. The van der Waals surface area contributed by atoms with Crippen LogP contribution in [0.2, 0.25) is 0 Å². The van der Waals surface area contributed by atoms with Crippen LogP contribution < -0.4 is 20.2 Å². The van der Waals surface area contributed by atoms with Crippen LogP contribution in [0.4, 0.5) is 4.79 Å². The lowest BCUT2D eigenvalue weighted by Crippen LogP contribution is -2.65. The number of nitrogens with zero attached hydrogens (tertiary/aromatic N) is 3. The molecule has 0 aromatic heterocycles. The summed E-state index contributed by atoms with van der Waals surface area (Å²) in [6.07, 6.45) is 0.606. The van der Waals surface area contributed by atoms with Gasteiger partial charge in [0.15, 0.2) is 11.5 Å². The van der Waals surface area contributed by atoms with Crippen LogP contribution >= 0.6 is 0 Å². The van der Waals surface area contributed by atoms with Gasteiger partial charge in [-0.2, -0.15) is 0 Å². The molecule has 2 unspecified atom stereocenters. The van der Waals surface area contributed by atoms with E-state index in [1.807, 2.05) is 0 Å². The summed E-state index contributed by atoms with van der Waals surface area (Å²) in [5.41, 5.74) is 2.24. The van der Waals surface area contributed by atoms with Crippen molar-refractivity contribution in [3.8, 4) is 11.5 Å². The van der Waals surface area contributed by atoms with E-state index in [9.17, 15) is 33.6 Å². The smallest absolute Gasteiger partial charge is 0.358 e. The van der Waals surface area contributed by atoms with Gasteiger partial charge in [0.25, 0.3) is 5.78 Å². The van der Waals surface area contributed by atoms with Crippen LogP contribution in [0.5, 0.6) is 11.5 Å². The van der Waals surface area contributed by atoms with E-state index in [0.717, 1.165) is 15.0 Å². The van der Waals surface area contributed by atoms with Crippen molar-refractivity contribution in [1.29, 1.82) is 0 Å². The second kappa shape index (κ2) is 10.6. The molecule has 2 fully saturated rings. The zero-order valence-electron chi connectivity index (χ0n) is 19.9. The van der Waals surface area contributed by atoms with E-state index >= 15 is 0 Å². The molecule has 196 valence electrons. The molecule has 5 amide bonds. The van der Waals surface area contributed by atoms with Gasteiger partial charge in [0.05, 0.1) is 12.6 Å². The van der Waals surface area contributed by atoms with Crippen molar-refractivity contribution < 1.29 is 43.0 Å². The average Bonchev–Trinajstić information content (AvgIpc) is 3.32. The number of rotatable bonds is 8. The fourth-order valence-electron chi connectivity index (χ4n) is 4.28. The van der Waals surface area contributed by atoms with E-state index in [2.05, 4.69) is 10.7 Å². The molecule has 14 heteroatoms. The maximum atomic E-state index is 13.4. The van der Waals surface area contributed by atoms with Gasteiger partial charge < -0.3 is 19.6 Å². The van der Waals surface area contributed by atoms with Gasteiger partial charge in [0, 0.05) is 24.9 Å². The van der Waals surface area contributed by atoms with Crippen LogP contribution in [0, 0.1) is 0 Å². The Labute approximate surface area is 210 Å². The molecule has 2 N–H and O–H groups in total. The van der Waals surface area contributed by atoms with Crippen molar-refractivity contribution in [3.63, 3.8) is 0 Å². The number of Topliss-reactive ketones (excluding diaryl/α,β-unsaturated/α-hetero) is 2. The van der Waals surface area contributed by atoms with Crippen LogP contribution in [0.1, 0.15) is 43.0 Å². The van der Waals surface area contributed by atoms with E-state index in [1.54, 1.807) is 0 Å². The molecular weight excluding hydrogens is 490 g/mol. The Kier molecular flexibility index (Phi) is 7.36. The number of urea groups is 1. The molecule has 2 saturated heterocycles. The first-order valence-electron chi connectivity index (χ1n) is 11.6. The molecule has 0 radical (unpaired) electrons. The second-order valence-electron chi connectivity index (χ2n) is 8.70. The summed E-state index contributed by atoms with van der Waals surface area (Å²) in [7, 11) is 0. The minimum Gasteiger partial charge on any atom is -0.454 e. The third kappa shape index (κ3) is 5.37. The van der Waals surface area contributed by atoms with Gasteiger partial charge in [-0.1, -0.05) is 0 Å². The van der Waals surface area contributed by atoms with Gasteiger partial charge >= 0.3 is 11.9 Å². The van der Waals surface area contributed by atoms with Crippen molar-refractivity contribution >= 4 is 41.6 Å². The molecule has 0 aliphatic carbocycles. The molecular formula is C23H25N5O9. The number of ether oxygens (including phenoxy) is 2. The van der Waals surface area contributed by atoms with Gasteiger partial charge in [-0.05, 0) is 38.0 Å². The minimum atomic E-state index is -1.18. The molecule has 0 spiro atoms. The largest absolute Gasteiger partial charge is 0.454 e. The first-order valence-corrected chi connectivity index (χ1v) is 11.6. The Morgan fingerprint density at radius 1 is 1.14 bits per heavy atom. The Hall–Kier alpha value is -4.49. The molecule has 14 nitrogen and oxygen atoms in total. The number of hydrazine groups is 2. The zero-order valence-corrected chi connectivity index (χ0v) is 19.9. The maximum Gasteiger partial charge on any atom is 0.358 e. The van der Waals surface area contributed by atoms with Gasteiger partial charge in [-0.15, -0.1) is 0 Å². The van der Waals surface area contributed by atoms with Crippen molar-refractivity contribution in [3.05, 3.63) is 23.8 Å². The topological polar surface area (TPSA) is 172 Å². The van der Waals surface area contributed by atoms with Gasteiger partial charge in [-0.3, -0.25) is 29.4 Å². The van der Waals surface area contributed by atoms with Crippen molar-refractivity contribution in [2.24, 2.45) is 0 Å². The normalized spacial score (nSPS) is 19.5. The third-order valence-corrected chi connectivity index (χ3v) is 6.05. The highest BCUT2D eigenvalue weighted by Gasteiger charge is 2.44. The second-order valence-corrected chi connectivity index (χ2v) is 8.70. The number of fused-ring (bicyclic) bond motifs is 2. The summed E-state index contributed by atoms with van der Waals surface area (Å²) in [4.78, 5) is 87.3. The summed E-state index contributed by atoms with van der Waals surface area (Å²) >= 11 is 0. The molecule has 37 heavy (non-hydrogen) atoms. The van der Waals surface area contributed by atoms with Crippen LogP contribution in [0.3, 0.4) is 0 Å².